The molecule has 0 aliphatic carbocycles. The summed E-state index contributed by atoms with van der Waals surface area (Å²) in [5.74, 6) is -0.439. The standard InChI is InChI=1S/C11H9FN4O/c1-7-11(16-17-15-7)6-14-10-3-2-9(12)4-8(10)5-13/h2-4,14H,6H2,1H3. The van der Waals surface area contributed by atoms with Crippen molar-refractivity contribution in [3.8, 4) is 6.07 Å². The highest BCUT2D eigenvalue weighted by molar-refractivity contribution is 5.57. The van der Waals surface area contributed by atoms with Crippen LogP contribution in [0.3, 0.4) is 0 Å². The van der Waals surface area contributed by atoms with Crippen molar-refractivity contribution in [2.75, 3.05) is 5.32 Å². The van der Waals surface area contributed by atoms with Gasteiger partial charge in [-0.1, -0.05) is 10.3 Å². The number of hydrogen-bond acceptors (Lipinski definition) is 5. The van der Waals surface area contributed by atoms with E-state index >= 15 is 0 Å². The van der Waals surface area contributed by atoms with Crippen molar-refractivity contribution in [2.45, 2.75) is 13.5 Å². The topological polar surface area (TPSA) is 74.7 Å². The number of rotatable bonds is 3. The molecule has 5 nitrogen and oxygen atoms in total. The third-order valence-corrected chi connectivity index (χ3v) is 2.29. The Balaban J connectivity index is 2.15. The summed E-state index contributed by atoms with van der Waals surface area (Å²) in [6.07, 6.45) is 0. The molecule has 1 N–H and O–H groups in total. The van der Waals surface area contributed by atoms with E-state index in [0.29, 0.717) is 23.6 Å². The summed E-state index contributed by atoms with van der Waals surface area (Å²) in [7, 11) is 0. The van der Waals surface area contributed by atoms with Crippen molar-refractivity contribution in [2.24, 2.45) is 0 Å². The summed E-state index contributed by atoms with van der Waals surface area (Å²) in [6.45, 7) is 2.14. The zero-order chi connectivity index (χ0) is 12.3. The third kappa shape index (κ3) is 2.39. The van der Waals surface area contributed by atoms with Crippen LogP contribution in [0.15, 0.2) is 22.8 Å². The van der Waals surface area contributed by atoms with Gasteiger partial charge in [-0.3, -0.25) is 0 Å². The predicted octanol–water partition coefficient (Wildman–Crippen LogP) is 2.00. The lowest BCUT2D eigenvalue weighted by molar-refractivity contribution is 0.301. The van der Waals surface area contributed by atoms with Gasteiger partial charge >= 0.3 is 0 Å². The number of aryl methyl sites for hydroxylation is 1. The van der Waals surface area contributed by atoms with Gasteiger partial charge in [-0.2, -0.15) is 5.26 Å². The van der Waals surface area contributed by atoms with E-state index in [1.54, 1.807) is 6.92 Å². The van der Waals surface area contributed by atoms with Gasteiger partial charge in [0.25, 0.3) is 0 Å². The minimum atomic E-state index is -0.439. The van der Waals surface area contributed by atoms with E-state index in [0.717, 1.165) is 0 Å². The number of aromatic nitrogens is 2. The second kappa shape index (κ2) is 4.61. The fourth-order valence-corrected chi connectivity index (χ4v) is 1.35. The average Bonchev–Trinajstić information content (AvgIpc) is 2.73. The maximum atomic E-state index is 12.9. The quantitative estimate of drug-likeness (QED) is 0.875. The van der Waals surface area contributed by atoms with Crippen LogP contribution in [0.5, 0.6) is 0 Å². The first kappa shape index (κ1) is 11.1. The van der Waals surface area contributed by atoms with E-state index in [-0.39, 0.29) is 5.56 Å². The molecule has 0 atom stereocenters. The van der Waals surface area contributed by atoms with Crippen molar-refractivity contribution < 1.29 is 9.02 Å². The first-order valence-electron chi connectivity index (χ1n) is 4.92. The minimum Gasteiger partial charge on any atom is -0.378 e. The summed E-state index contributed by atoms with van der Waals surface area (Å²) in [5.41, 5.74) is 2.13. The molecule has 0 radical (unpaired) electrons. The van der Waals surface area contributed by atoms with Gasteiger partial charge in [0.2, 0.25) is 0 Å². The maximum Gasteiger partial charge on any atom is 0.127 e. The Hall–Kier alpha value is -2.42. The van der Waals surface area contributed by atoms with Crippen LogP contribution in [0.1, 0.15) is 17.0 Å². The van der Waals surface area contributed by atoms with Gasteiger partial charge in [0.1, 0.15) is 23.3 Å². The Morgan fingerprint density at radius 3 is 2.94 bits per heavy atom. The van der Waals surface area contributed by atoms with Crippen molar-refractivity contribution in [3.63, 3.8) is 0 Å². The molecule has 1 aromatic carbocycles. The summed E-state index contributed by atoms with van der Waals surface area (Å²) in [5, 5.41) is 19.2. The molecular formula is C11H9FN4O. The number of nitrogens with one attached hydrogen (secondary N) is 1. The molecule has 6 heteroatoms. The van der Waals surface area contributed by atoms with Gasteiger partial charge in [-0.05, 0) is 25.1 Å². The minimum absolute atomic E-state index is 0.249. The highest BCUT2D eigenvalue weighted by atomic mass is 19.1. The zero-order valence-corrected chi connectivity index (χ0v) is 9.07. The van der Waals surface area contributed by atoms with Gasteiger partial charge < -0.3 is 5.32 Å². The number of anilines is 1. The van der Waals surface area contributed by atoms with Gasteiger partial charge in [-0.25, -0.2) is 9.02 Å². The highest BCUT2D eigenvalue weighted by Crippen LogP contribution is 2.17. The molecule has 0 aliphatic heterocycles. The monoisotopic (exact) mass is 232 g/mol. The molecule has 0 saturated heterocycles. The van der Waals surface area contributed by atoms with E-state index in [9.17, 15) is 4.39 Å². The van der Waals surface area contributed by atoms with Crippen LogP contribution in [0, 0.1) is 24.1 Å². The Labute approximate surface area is 96.8 Å². The molecule has 0 spiro atoms. The number of nitriles is 1. The predicted molar refractivity (Wildman–Crippen MR) is 57.5 cm³/mol. The maximum absolute atomic E-state index is 12.9. The lowest BCUT2D eigenvalue weighted by Crippen LogP contribution is -2.03. The number of nitrogens with zero attached hydrogens (tertiary/aromatic N) is 3. The van der Waals surface area contributed by atoms with Crippen LogP contribution >= 0.6 is 0 Å². The molecule has 17 heavy (non-hydrogen) atoms. The molecule has 0 aliphatic rings. The SMILES string of the molecule is Cc1nonc1CNc1ccc(F)cc1C#N. The Kier molecular flexibility index (Phi) is 3.01. The van der Waals surface area contributed by atoms with Gasteiger partial charge in [0, 0.05) is 0 Å². The van der Waals surface area contributed by atoms with Crippen LogP contribution < -0.4 is 5.32 Å². The summed E-state index contributed by atoms with van der Waals surface area (Å²) in [6, 6.07) is 5.90. The third-order valence-electron chi connectivity index (χ3n) is 2.29. The molecule has 0 amide bonds. The second-order valence-corrected chi connectivity index (χ2v) is 3.45. The van der Waals surface area contributed by atoms with Crippen molar-refractivity contribution in [1.82, 2.24) is 10.3 Å². The fourth-order valence-electron chi connectivity index (χ4n) is 1.35. The molecule has 0 saturated carbocycles. The van der Waals surface area contributed by atoms with Crippen molar-refractivity contribution >= 4 is 5.69 Å². The van der Waals surface area contributed by atoms with Crippen molar-refractivity contribution in [1.29, 1.82) is 5.26 Å². The van der Waals surface area contributed by atoms with Crippen LogP contribution in [-0.2, 0) is 6.54 Å². The molecule has 0 fully saturated rings. The molecule has 1 aromatic heterocycles. The lowest BCUT2D eigenvalue weighted by Gasteiger charge is -2.06. The molecule has 1 heterocycles. The smallest absolute Gasteiger partial charge is 0.127 e. The molecule has 0 unspecified atom stereocenters. The van der Waals surface area contributed by atoms with E-state index in [1.165, 1.54) is 18.2 Å². The van der Waals surface area contributed by atoms with E-state index in [4.69, 9.17) is 5.26 Å². The molecule has 2 aromatic rings. The first-order valence-corrected chi connectivity index (χ1v) is 4.92. The van der Waals surface area contributed by atoms with E-state index in [1.807, 2.05) is 6.07 Å². The Morgan fingerprint density at radius 1 is 1.47 bits per heavy atom. The van der Waals surface area contributed by atoms with Crippen molar-refractivity contribution in [3.05, 3.63) is 41.0 Å². The molecule has 0 bridgehead atoms. The average molecular weight is 232 g/mol. The van der Waals surface area contributed by atoms with Crippen LogP contribution in [0.4, 0.5) is 10.1 Å². The zero-order valence-electron chi connectivity index (χ0n) is 9.07. The van der Waals surface area contributed by atoms with Gasteiger partial charge in [0.05, 0.1) is 17.8 Å². The number of hydrogen-bond donors (Lipinski definition) is 1. The summed E-state index contributed by atoms with van der Waals surface area (Å²) < 4.78 is 17.4. The normalized spacial score (nSPS) is 9.94. The molecular weight excluding hydrogens is 223 g/mol. The highest BCUT2D eigenvalue weighted by Gasteiger charge is 2.07. The number of benzene rings is 1. The van der Waals surface area contributed by atoms with E-state index in [2.05, 4.69) is 20.3 Å². The summed E-state index contributed by atoms with van der Waals surface area (Å²) >= 11 is 0. The molecule has 86 valence electrons. The van der Waals surface area contributed by atoms with E-state index < -0.39 is 5.82 Å². The fraction of sp³-hybridized carbons (Fsp3) is 0.182. The van der Waals surface area contributed by atoms with Gasteiger partial charge in [0.15, 0.2) is 0 Å². The van der Waals surface area contributed by atoms with Gasteiger partial charge in [-0.15, -0.1) is 0 Å². The lowest BCUT2D eigenvalue weighted by atomic mass is 10.2. The first-order chi connectivity index (χ1) is 8.20. The number of halogens is 1. The Bertz CT molecular complexity index is 573. The van der Waals surface area contributed by atoms with Crippen LogP contribution in [0.2, 0.25) is 0 Å². The largest absolute Gasteiger partial charge is 0.378 e. The Morgan fingerprint density at radius 2 is 2.29 bits per heavy atom. The second-order valence-electron chi connectivity index (χ2n) is 3.45. The van der Waals surface area contributed by atoms with Crippen LogP contribution in [-0.4, -0.2) is 10.3 Å². The summed E-state index contributed by atoms with van der Waals surface area (Å²) in [4.78, 5) is 0. The van der Waals surface area contributed by atoms with Crippen LogP contribution in [0.25, 0.3) is 0 Å². The molecule has 2 rings (SSSR count).